The van der Waals surface area contributed by atoms with Crippen LogP contribution in [0.3, 0.4) is 0 Å². The van der Waals surface area contributed by atoms with Gasteiger partial charge >= 0.3 is 11.9 Å². The molecule has 0 amide bonds. The van der Waals surface area contributed by atoms with Crippen LogP contribution in [0, 0.1) is 17.8 Å². The molecule has 0 N–H and O–H groups in total. The van der Waals surface area contributed by atoms with Gasteiger partial charge < -0.3 is 19.4 Å². The van der Waals surface area contributed by atoms with Crippen LogP contribution in [0.25, 0.3) is 0 Å². The highest BCUT2D eigenvalue weighted by atomic mass is 16.6. The van der Waals surface area contributed by atoms with Crippen molar-refractivity contribution in [2.75, 3.05) is 6.61 Å². The summed E-state index contributed by atoms with van der Waals surface area (Å²) in [7, 11) is 0. The van der Waals surface area contributed by atoms with E-state index in [0.717, 1.165) is 19.3 Å². The third-order valence-electron chi connectivity index (χ3n) is 4.80. The van der Waals surface area contributed by atoms with Gasteiger partial charge in [-0.2, -0.15) is 0 Å². The van der Waals surface area contributed by atoms with Crippen molar-refractivity contribution < 1.29 is 29.0 Å². The second-order valence-electron chi connectivity index (χ2n) is 6.44. The molecule has 0 aromatic heterocycles. The summed E-state index contributed by atoms with van der Waals surface area (Å²) < 4.78 is 9.85. The Morgan fingerprint density at radius 3 is 1.95 bits per heavy atom. The van der Waals surface area contributed by atoms with Crippen LogP contribution in [0.1, 0.15) is 38.5 Å². The van der Waals surface area contributed by atoms with Crippen LogP contribution in [-0.2, 0) is 23.9 Å². The molecule has 0 aliphatic heterocycles. The minimum atomic E-state index is -1.95. The van der Waals surface area contributed by atoms with Gasteiger partial charge in [0.05, 0.1) is 0 Å². The first-order valence-electron chi connectivity index (χ1n) is 7.06. The summed E-state index contributed by atoms with van der Waals surface area (Å²) in [6.45, 7) is -0.658. The van der Waals surface area contributed by atoms with Gasteiger partial charge in [0.2, 0.25) is 0 Å². The zero-order chi connectivity index (χ0) is 14.3. The van der Waals surface area contributed by atoms with E-state index < -0.39 is 30.1 Å². The number of hydrogen-bond acceptors (Lipinski definition) is 6. The summed E-state index contributed by atoms with van der Waals surface area (Å²) in [4.78, 5) is 32.6. The van der Waals surface area contributed by atoms with Gasteiger partial charge in [-0.15, -0.1) is 0 Å². The number of ether oxygens (including phenoxy) is 2. The van der Waals surface area contributed by atoms with E-state index in [9.17, 15) is 19.5 Å². The number of carboxylic acid groups (broad SMARTS) is 1. The molecule has 0 saturated heterocycles. The van der Waals surface area contributed by atoms with Crippen LogP contribution in [-0.4, -0.2) is 30.1 Å². The lowest BCUT2D eigenvalue weighted by Crippen LogP contribution is -2.53. The van der Waals surface area contributed by atoms with E-state index in [2.05, 4.69) is 4.74 Å². The molecular formula is C14H17O6-. The van der Waals surface area contributed by atoms with Gasteiger partial charge in [0.25, 0.3) is 0 Å². The molecule has 4 fully saturated rings. The van der Waals surface area contributed by atoms with Crippen molar-refractivity contribution in [3.05, 3.63) is 0 Å². The topological polar surface area (TPSA) is 92.7 Å². The van der Waals surface area contributed by atoms with Gasteiger partial charge in [-0.25, -0.2) is 9.59 Å². The standard InChI is InChI=1S/C14H18O6/c15-11(7-19-13(18)12(16)17)20-14-4-8-1-9(5-14)3-10(2-8)6-14/h8-10H,1-7H2,(H,16,17)/p-1. The molecule has 0 heterocycles. The summed E-state index contributed by atoms with van der Waals surface area (Å²) >= 11 is 0. The molecule has 4 rings (SSSR count). The van der Waals surface area contributed by atoms with E-state index in [1.54, 1.807) is 0 Å². The molecule has 4 aliphatic rings. The monoisotopic (exact) mass is 281 g/mol. The Kier molecular flexibility index (Phi) is 3.18. The van der Waals surface area contributed by atoms with E-state index in [0.29, 0.717) is 17.8 Å². The number of rotatable bonds is 3. The summed E-state index contributed by atoms with van der Waals surface area (Å²) in [5.74, 6) is -2.24. The fraction of sp³-hybridized carbons (Fsp3) is 0.786. The van der Waals surface area contributed by atoms with Crippen LogP contribution in [0.15, 0.2) is 0 Å². The first kappa shape index (κ1) is 13.4. The SMILES string of the molecule is O=C(COC(=O)C(=O)[O-])OC12CC3CC(CC(C3)C1)C2. The van der Waals surface area contributed by atoms with Crippen LogP contribution in [0.2, 0.25) is 0 Å². The van der Waals surface area contributed by atoms with Crippen LogP contribution in [0.5, 0.6) is 0 Å². The molecular weight excluding hydrogens is 264 g/mol. The second-order valence-corrected chi connectivity index (χ2v) is 6.44. The molecule has 4 aliphatic carbocycles. The maximum absolute atomic E-state index is 11.7. The van der Waals surface area contributed by atoms with Crippen LogP contribution < -0.4 is 5.11 Å². The molecule has 4 saturated carbocycles. The van der Waals surface area contributed by atoms with Crippen molar-refractivity contribution in [1.82, 2.24) is 0 Å². The van der Waals surface area contributed by atoms with E-state index >= 15 is 0 Å². The van der Waals surface area contributed by atoms with E-state index in [1.807, 2.05) is 0 Å². The maximum atomic E-state index is 11.7. The molecule has 4 bridgehead atoms. The predicted octanol–water partition coefficient (Wildman–Crippen LogP) is -0.209. The number of aliphatic carboxylic acids is 1. The zero-order valence-electron chi connectivity index (χ0n) is 11.1. The first-order chi connectivity index (χ1) is 9.46. The number of carbonyl (C=O) groups excluding carboxylic acids is 3. The summed E-state index contributed by atoms with van der Waals surface area (Å²) in [5.41, 5.74) is -0.403. The Morgan fingerprint density at radius 1 is 1.00 bits per heavy atom. The fourth-order valence-electron chi connectivity index (χ4n) is 4.61. The fourth-order valence-corrected chi connectivity index (χ4v) is 4.61. The second kappa shape index (κ2) is 4.75. The molecule has 6 heteroatoms. The predicted molar refractivity (Wildman–Crippen MR) is 63.0 cm³/mol. The van der Waals surface area contributed by atoms with Crippen molar-refractivity contribution in [3.63, 3.8) is 0 Å². The Hall–Kier alpha value is -1.59. The Labute approximate surface area is 116 Å². The highest BCUT2D eigenvalue weighted by Gasteiger charge is 2.53. The quantitative estimate of drug-likeness (QED) is 0.525. The number of esters is 2. The van der Waals surface area contributed by atoms with Gasteiger partial charge in [-0.05, 0) is 56.3 Å². The number of carboxylic acids is 1. The molecule has 0 atom stereocenters. The molecule has 110 valence electrons. The maximum Gasteiger partial charge on any atom is 0.354 e. The van der Waals surface area contributed by atoms with Crippen molar-refractivity contribution >= 4 is 17.9 Å². The van der Waals surface area contributed by atoms with Crippen molar-refractivity contribution in [3.8, 4) is 0 Å². The highest BCUT2D eigenvalue weighted by Crippen LogP contribution is 2.57. The van der Waals surface area contributed by atoms with E-state index in [1.165, 1.54) is 19.3 Å². The molecule has 0 unspecified atom stereocenters. The van der Waals surface area contributed by atoms with Gasteiger partial charge in [-0.1, -0.05) is 0 Å². The minimum Gasteiger partial charge on any atom is -0.539 e. The average molecular weight is 281 g/mol. The molecule has 0 radical (unpaired) electrons. The zero-order valence-corrected chi connectivity index (χ0v) is 11.1. The highest BCUT2D eigenvalue weighted by molar-refractivity contribution is 6.27. The third-order valence-corrected chi connectivity index (χ3v) is 4.80. The first-order valence-corrected chi connectivity index (χ1v) is 7.06. The molecule has 20 heavy (non-hydrogen) atoms. The summed E-state index contributed by atoms with van der Waals surface area (Å²) in [6.07, 6.45) is 6.36. The third kappa shape index (κ3) is 2.51. The van der Waals surface area contributed by atoms with Crippen molar-refractivity contribution in [2.24, 2.45) is 17.8 Å². The van der Waals surface area contributed by atoms with Gasteiger partial charge in [0.1, 0.15) is 5.60 Å². The molecule has 0 aromatic carbocycles. The van der Waals surface area contributed by atoms with E-state index in [-0.39, 0.29) is 0 Å². The lowest BCUT2D eigenvalue weighted by molar-refractivity contribution is -0.303. The van der Waals surface area contributed by atoms with Crippen molar-refractivity contribution in [1.29, 1.82) is 0 Å². The van der Waals surface area contributed by atoms with Crippen molar-refractivity contribution in [2.45, 2.75) is 44.1 Å². The van der Waals surface area contributed by atoms with Gasteiger partial charge in [-0.3, -0.25) is 0 Å². The Morgan fingerprint density at radius 2 is 1.50 bits per heavy atom. The van der Waals surface area contributed by atoms with E-state index in [4.69, 9.17) is 4.74 Å². The van der Waals surface area contributed by atoms with Gasteiger partial charge in [0, 0.05) is 0 Å². The average Bonchev–Trinajstić information content (AvgIpc) is 2.33. The molecule has 0 aromatic rings. The minimum absolute atomic E-state index is 0.403. The van der Waals surface area contributed by atoms with Crippen LogP contribution in [0.4, 0.5) is 0 Å². The number of carbonyl (C=O) groups is 3. The summed E-state index contributed by atoms with van der Waals surface area (Å²) in [6, 6.07) is 0. The largest absolute Gasteiger partial charge is 0.539 e. The van der Waals surface area contributed by atoms with Gasteiger partial charge in [0.15, 0.2) is 12.6 Å². The smallest absolute Gasteiger partial charge is 0.354 e. The lowest BCUT2D eigenvalue weighted by Gasteiger charge is -2.55. The summed E-state index contributed by atoms with van der Waals surface area (Å²) in [5, 5.41) is 10.2. The Bertz CT molecular complexity index is 419. The van der Waals surface area contributed by atoms with Crippen LogP contribution >= 0.6 is 0 Å². The molecule has 0 spiro atoms. The number of hydrogen-bond donors (Lipinski definition) is 0. The molecule has 6 nitrogen and oxygen atoms in total. The normalized spacial score (nSPS) is 37.5. The lowest BCUT2D eigenvalue weighted by atomic mass is 9.54. The Balaban J connectivity index is 1.56.